The summed E-state index contributed by atoms with van der Waals surface area (Å²) in [6, 6.07) is 1.65. The third kappa shape index (κ3) is 3.98. The van der Waals surface area contributed by atoms with Crippen molar-refractivity contribution in [1.29, 1.82) is 0 Å². The van der Waals surface area contributed by atoms with E-state index in [-0.39, 0.29) is 11.6 Å². The van der Waals surface area contributed by atoms with E-state index in [4.69, 9.17) is 4.42 Å². The van der Waals surface area contributed by atoms with Crippen molar-refractivity contribution >= 4 is 6.03 Å². The van der Waals surface area contributed by atoms with Crippen molar-refractivity contribution in [1.82, 2.24) is 10.6 Å². The normalized spacial score (nSPS) is 11.1. The number of hydrogen-bond acceptors (Lipinski definition) is 2. The van der Waals surface area contributed by atoms with Crippen LogP contribution in [-0.2, 0) is 6.54 Å². The van der Waals surface area contributed by atoms with E-state index in [1.165, 1.54) is 0 Å². The summed E-state index contributed by atoms with van der Waals surface area (Å²) in [5, 5.41) is 5.53. The zero-order valence-corrected chi connectivity index (χ0v) is 8.76. The maximum atomic E-state index is 11.3. The Hall–Kier alpha value is -1.45. The van der Waals surface area contributed by atoms with Crippen LogP contribution in [0.15, 0.2) is 23.0 Å². The van der Waals surface area contributed by atoms with Crippen molar-refractivity contribution < 1.29 is 9.21 Å². The first-order valence-corrected chi connectivity index (χ1v) is 4.54. The molecule has 0 saturated heterocycles. The van der Waals surface area contributed by atoms with E-state index in [0.29, 0.717) is 6.54 Å². The molecule has 0 fully saturated rings. The van der Waals surface area contributed by atoms with E-state index in [2.05, 4.69) is 10.6 Å². The molecule has 0 aliphatic rings. The summed E-state index contributed by atoms with van der Waals surface area (Å²) in [5.74, 6) is 0. The van der Waals surface area contributed by atoms with Crippen LogP contribution in [0.1, 0.15) is 26.3 Å². The lowest BCUT2D eigenvalue weighted by molar-refractivity contribution is 0.231. The van der Waals surface area contributed by atoms with Gasteiger partial charge in [-0.15, -0.1) is 0 Å². The maximum Gasteiger partial charge on any atom is 0.315 e. The molecule has 0 aliphatic heterocycles. The predicted octanol–water partition coefficient (Wildman–Crippen LogP) is 1.88. The van der Waals surface area contributed by atoms with Crippen LogP contribution in [0.4, 0.5) is 4.79 Å². The van der Waals surface area contributed by atoms with Gasteiger partial charge in [0.2, 0.25) is 0 Å². The number of carbonyl (C=O) groups is 1. The summed E-state index contributed by atoms with van der Waals surface area (Å²) in [6.45, 7) is 6.29. The van der Waals surface area contributed by atoms with E-state index >= 15 is 0 Å². The number of nitrogens with one attached hydrogen (secondary N) is 2. The average Bonchev–Trinajstić information content (AvgIpc) is 2.49. The van der Waals surface area contributed by atoms with Crippen LogP contribution in [0.2, 0.25) is 0 Å². The second kappa shape index (κ2) is 4.17. The van der Waals surface area contributed by atoms with E-state index in [0.717, 1.165) is 5.56 Å². The Morgan fingerprint density at radius 3 is 2.71 bits per heavy atom. The van der Waals surface area contributed by atoms with Gasteiger partial charge in [0.05, 0.1) is 12.5 Å². The molecule has 2 N–H and O–H groups in total. The van der Waals surface area contributed by atoms with Gasteiger partial charge in [-0.25, -0.2) is 4.79 Å². The maximum absolute atomic E-state index is 11.3. The molecule has 1 heterocycles. The summed E-state index contributed by atoms with van der Waals surface area (Å²) in [6.07, 6.45) is 3.19. The van der Waals surface area contributed by atoms with Gasteiger partial charge >= 0.3 is 6.03 Å². The Kier molecular flexibility index (Phi) is 3.17. The highest BCUT2D eigenvalue weighted by Gasteiger charge is 2.12. The first-order chi connectivity index (χ1) is 6.47. The number of furan rings is 1. The molecule has 78 valence electrons. The van der Waals surface area contributed by atoms with Gasteiger partial charge < -0.3 is 15.1 Å². The SMILES string of the molecule is CC(C)(C)NC(=O)NCc1ccoc1. The van der Waals surface area contributed by atoms with E-state index < -0.39 is 0 Å². The first kappa shape index (κ1) is 10.6. The minimum absolute atomic E-state index is 0.168. The van der Waals surface area contributed by atoms with Crippen LogP contribution in [0.5, 0.6) is 0 Å². The fourth-order valence-corrected chi connectivity index (χ4v) is 0.960. The van der Waals surface area contributed by atoms with E-state index in [9.17, 15) is 4.79 Å². The third-order valence-electron chi connectivity index (χ3n) is 1.52. The Labute approximate surface area is 83.7 Å². The third-order valence-corrected chi connectivity index (χ3v) is 1.52. The largest absolute Gasteiger partial charge is 0.472 e. The van der Waals surface area contributed by atoms with Gasteiger partial charge in [-0.1, -0.05) is 0 Å². The predicted molar refractivity (Wildman–Crippen MR) is 53.8 cm³/mol. The fraction of sp³-hybridized carbons (Fsp3) is 0.500. The monoisotopic (exact) mass is 196 g/mol. The molecule has 0 aromatic carbocycles. The molecule has 0 unspecified atom stereocenters. The lowest BCUT2D eigenvalue weighted by Gasteiger charge is -2.20. The zero-order chi connectivity index (χ0) is 10.6. The molecule has 0 atom stereocenters. The van der Waals surface area contributed by atoms with Gasteiger partial charge in [-0.3, -0.25) is 0 Å². The summed E-state index contributed by atoms with van der Waals surface area (Å²) >= 11 is 0. The quantitative estimate of drug-likeness (QED) is 0.758. The molecule has 0 saturated carbocycles. The second-order valence-electron chi connectivity index (χ2n) is 4.19. The summed E-state index contributed by atoms with van der Waals surface area (Å²) < 4.78 is 4.88. The van der Waals surface area contributed by atoms with Crippen LogP contribution >= 0.6 is 0 Å². The highest BCUT2D eigenvalue weighted by atomic mass is 16.3. The molecule has 0 aliphatic carbocycles. The highest BCUT2D eigenvalue weighted by molar-refractivity contribution is 5.74. The van der Waals surface area contributed by atoms with Crippen molar-refractivity contribution in [3.05, 3.63) is 24.2 Å². The zero-order valence-electron chi connectivity index (χ0n) is 8.76. The molecule has 4 heteroatoms. The molecular formula is C10H16N2O2. The van der Waals surface area contributed by atoms with Crippen molar-refractivity contribution in [2.24, 2.45) is 0 Å². The molecule has 0 spiro atoms. The topological polar surface area (TPSA) is 54.3 Å². The molecule has 1 aromatic heterocycles. The average molecular weight is 196 g/mol. The minimum Gasteiger partial charge on any atom is -0.472 e. The molecule has 14 heavy (non-hydrogen) atoms. The van der Waals surface area contributed by atoms with Crippen LogP contribution in [0, 0.1) is 0 Å². The second-order valence-corrected chi connectivity index (χ2v) is 4.19. The lowest BCUT2D eigenvalue weighted by atomic mass is 10.1. The van der Waals surface area contributed by atoms with Crippen LogP contribution in [-0.4, -0.2) is 11.6 Å². The Balaban J connectivity index is 2.29. The van der Waals surface area contributed by atoms with Crippen molar-refractivity contribution in [3.8, 4) is 0 Å². The van der Waals surface area contributed by atoms with Gasteiger partial charge in [0.15, 0.2) is 0 Å². The van der Waals surface area contributed by atoms with Crippen LogP contribution in [0.3, 0.4) is 0 Å². The summed E-state index contributed by atoms with van der Waals surface area (Å²) in [4.78, 5) is 11.3. The van der Waals surface area contributed by atoms with Gasteiger partial charge in [0.25, 0.3) is 0 Å². The summed E-state index contributed by atoms with van der Waals surface area (Å²) in [5.41, 5.74) is 0.745. The molecule has 1 rings (SSSR count). The molecule has 1 aromatic rings. The van der Waals surface area contributed by atoms with Crippen molar-refractivity contribution in [3.63, 3.8) is 0 Å². The van der Waals surface area contributed by atoms with E-state index in [1.807, 2.05) is 26.8 Å². The van der Waals surface area contributed by atoms with Gasteiger partial charge in [-0.05, 0) is 26.8 Å². The van der Waals surface area contributed by atoms with Gasteiger partial charge in [0.1, 0.15) is 0 Å². The van der Waals surface area contributed by atoms with E-state index in [1.54, 1.807) is 12.5 Å². The van der Waals surface area contributed by atoms with Crippen molar-refractivity contribution in [2.75, 3.05) is 0 Å². The number of carbonyl (C=O) groups excluding carboxylic acids is 1. The number of hydrogen-bond donors (Lipinski definition) is 2. The lowest BCUT2D eigenvalue weighted by Crippen LogP contribution is -2.46. The smallest absolute Gasteiger partial charge is 0.315 e. The minimum atomic E-state index is -0.208. The molecule has 2 amide bonds. The van der Waals surface area contributed by atoms with Gasteiger partial charge in [0, 0.05) is 17.6 Å². The molecule has 0 radical (unpaired) electrons. The van der Waals surface area contributed by atoms with Crippen LogP contribution in [0.25, 0.3) is 0 Å². The molecular weight excluding hydrogens is 180 g/mol. The van der Waals surface area contributed by atoms with Gasteiger partial charge in [-0.2, -0.15) is 0 Å². The standard InChI is InChI=1S/C10H16N2O2/c1-10(2,3)12-9(13)11-6-8-4-5-14-7-8/h4-5,7H,6H2,1-3H3,(H2,11,12,13). The fourth-order valence-electron chi connectivity index (χ4n) is 0.960. The molecule has 4 nitrogen and oxygen atoms in total. The Morgan fingerprint density at radius 2 is 2.21 bits per heavy atom. The Morgan fingerprint density at radius 1 is 1.50 bits per heavy atom. The highest BCUT2D eigenvalue weighted by Crippen LogP contribution is 2.00. The number of amides is 2. The first-order valence-electron chi connectivity index (χ1n) is 4.54. The van der Waals surface area contributed by atoms with Crippen molar-refractivity contribution in [2.45, 2.75) is 32.9 Å². The van der Waals surface area contributed by atoms with Crippen LogP contribution < -0.4 is 10.6 Å². The number of rotatable bonds is 2. The summed E-state index contributed by atoms with van der Waals surface area (Å²) in [7, 11) is 0. The Bertz CT molecular complexity index is 286. The molecule has 0 bridgehead atoms. The number of urea groups is 1.